The van der Waals surface area contributed by atoms with Gasteiger partial charge in [-0.25, -0.2) is 13.2 Å². The van der Waals surface area contributed by atoms with Crippen molar-refractivity contribution in [2.45, 2.75) is 17.7 Å². The third-order valence-corrected chi connectivity index (χ3v) is 5.42. The van der Waals surface area contributed by atoms with Crippen LogP contribution in [0.25, 0.3) is 0 Å². The Morgan fingerprint density at radius 1 is 1.25 bits per heavy atom. The zero-order valence-corrected chi connectivity index (χ0v) is 16.0. The third-order valence-electron chi connectivity index (χ3n) is 4.04. The van der Waals surface area contributed by atoms with E-state index in [0.29, 0.717) is 24.5 Å². The van der Waals surface area contributed by atoms with Crippen molar-refractivity contribution >= 4 is 33.4 Å². The van der Waals surface area contributed by atoms with Crippen LogP contribution in [-0.2, 0) is 26.6 Å². The van der Waals surface area contributed by atoms with Gasteiger partial charge in [0.25, 0.3) is 15.9 Å². The Morgan fingerprint density at radius 3 is 2.75 bits per heavy atom. The fourth-order valence-electron chi connectivity index (χ4n) is 2.65. The molecule has 2 aromatic rings. The summed E-state index contributed by atoms with van der Waals surface area (Å²) < 4.78 is 33.9. The van der Waals surface area contributed by atoms with E-state index in [0.717, 1.165) is 6.42 Å². The topological polar surface area (TPSA) is 119 Å². The molecule has 0 atom stereocenters. The minimum atomic E-state index is -3.78. The minimum absolute atomic E-state index is 0.000653. The highest BCUT2D eigenvalue weighted by Gasteiger charge is 2.19. The first-order valence-corrected chi connectivity index (χ1v) is 10.1. The van der Waals surface area contributed by atoms with Gasteiger partial charge in [0.15, 0.2) is 6.61 Å². The highest BCUT2D eigenvalue weighted by atomic mass is 32.2. The van der Waals surface area contributed by atoms with Crippen molar-refractivity contribution in [2.24, 2.45) is 12.0 Å². The Morgan fingerprint density at radius 2 is 2.07 bits per heavy atom. The standard InChI is InChI=1S/C18H20N4O5S/c1-22-10-4-7-15(22)18(24)27-12-17(23)20-13-5-2-6-14(11-13)28(25,26)21-16-8-3-9-19-16/h2,4-7,10-11H,3,8-9,12H2,1H3,(H,19,21)(H,20,23). The van der Waals surface area contributed by atoms with Crippen LogP contribution in [0.4, 0.5) is 5.69 Å². The second-order valence-electron chi connectivity index (χ2n) is 6.19. The number of aromatic nitrogens is 1. The number of sulfonamides is 1. The quantitative estimate of drug-likeness (QED) is 0.703. The summed E-state index contributed by atoms with van der Waals surface area (Å²) in [4.78, 5) is 28.0. The maximum absolute atomic E-state index is 12.4. The molecule has 1 aliphatic rings. The Labute approximate surface area is 162 Å². The van der Waals surface area contributed by atoms with Crippen molar-refractivity contribution in [3.8, 4) is 0 Å². The monoisotopic (exact) mass is 404 g/mol. The van der Waals surface area contributed by atoms with Crippen LogP contribution in [0.3, 0.4) is 0 Å². The van der Waals surface area contributed by atoms with Gasteiger partial charge in [-0.15, -0.1) is 0 Å². The number of carbonyl (C=O) groups excluding carboxylic acids is 2. The number of aliphatic imine (C=N–C) groups is 1. The summed E-state index contributed by atoms with van der Waals surface area (Å²) in [6, 6.07) is 9.07. The number of nitrogens with zero attached hydrogens (tertiary/aromatic N) is 2. The Bertz CT molecular complexity index is 1030. The van der Waals surface area contributed by atoms with Gasteiger partial charge in [0.05, 0.1) is 4.90 Å². The van der Waals surface area contributed by atoms with Gasteiger partial charge in [-0.3, -0.25) is 14.5 Å². The summed E-state index contributed by atoms with van der Waals surface area (Å²) in [5.74, 6) is -0.771. The lowest BCUT2D eigenvalue weighted by Crippen LogP contribution is -2.29. The van der Waals surface area contributed by atoms with Crippen LogP contribution >= 0.6 is 0 Å². The van der Waals surface area contributed by atoms with Crippen molar-refractivity contribution < 1.29 is 22.7 Å². The first-order valence-electron chi connectivity index (χ1n) is 8.60. The SMILES string of the molecule is Cn1cccc1C(=O)OCC(=O)Nc1cccc(S(=O)(=O)NC2=NCCC2)c1. The Hall–Kier alpha value is -3.14. The highest BCUT2D eigenvalue weighted by Crippen LogP contribution is 2.16. The van der Waals surface area contributed by atoms with E-state index in [9.17, 15) is 18.0 Å². The zero-order valence-electron chi connectivity index (χ0n) is 15.2. The molecule has 28 heavy (non-hydrogen) atoms. The number of anilines is 1. The fourth-order valence-corrected chi connectivity index (χ4v) is 3.79. The first-order chi connectivity index (χ1) is 13.3. The van der Waals surface area contributed by atoms with E-state index in [1.807, 2.05) is 0 Å². The van der Waals surface area contributed by atoms with Crippen LogP contribution in [0.5, 0.6) is 0 Å². The van der Waals surface area contributed by atoms with Crippen molar-refractivity contribution in [3.05, 3.63) is 48.3 Å². The van der Waals surface area contributed by atoms with Gasteiger partial charge in [0, 0.05) is 31.9 Å². The van der Waals surface area contributed by atoms with E-state index in [-0.39, 0.29) is 10.6 Å². The number of ether oxygens (including phenoxy) is 1. The predicted molar refractivity (Wildman–Crippen MR) is 103 cm³/mol. The van der Waals surface area contributed by atoms with Crippen molar-refractivity contribution in [1.29, 1.82) is 0 Å². The van der Waals surface area contributed by atoms with E-state index in [2.05, 4.69) is 15.0 Å². The molecule has 2 heterocycles. The van der Waals surface area contributed by atoms with Crippen molar-refractivity contribution in [1.82, 2.24) is 9.29 Å². The summed E-state index contributed by atoms with van der Waals surface area (Å²) in [5, 5.41) is 2.52. The molecule has 148 valence electrons. The zero-order chi connectivity index (χ0) is 20.1. The molecular weight excluding hydrogens is 384 g/mol. The molecule has 0 bridgehead atoms. The summed E-state index contributed by atoms with van der Waals surface area (Å²) >= 11 is 0. The van der Waals surface area contributed by atoms with Crippen LogP contribution in [0.2, 0.25) is 0 Å². The van der Waals surface area contributed by atoms with Crippen LogP contribution in [0.1, 0.15) is 23.3 Å². The van der Waals surface area contributed by atoms with Crippen LogP contribution in [-0.4, -0.2) is 43.8 Å². The van der Waals surface area contributed by atoms with E-state index >= 15 is 0 Å². The largest absolute Gasteiger partial charge is 0.451 e. The Balaban J connectivity index is 1.60. The number of amidine groups is 1. The molecule has 0 fully saturated rings. The predicted octanol–water partition coefficient (Wildman–Crippen LogP) is 1.29. The van der Waals surface area contributed by atoms with E-state index in [1.54, 1.807) is 36.0 Å². The van der Waals surface area contributed by atoms with Gasteiger partial charge in [-0.2, -0.15) is 0 Å². The number of benzene rings is 1. The van der Waals surface area contributed by atoms with Crippen LogP contribution < -0.4 is 10.0 Å². The summed E-state index contributed by atoms with van der Waals surface area (Å²) in [6.07, 6.45) is 3.09. The van der Waals surface area contributed by atoms with E-state index in [4.69, 9.17) is 4.74 Å². The molecule has 0 saturated heterocycles. The summed E-state index contributed by atoms with van der Waals surface area (Å²) in [5.41, 5.74) is 0.595. The normalized spacial score (nSPS) is 13.7. The molecule has 9 nitrogen and oxygen atoms in total. The average molecular weight is 404 g/mol. The number of aryl methyl sites for hydroxylation is 1. The number of hydrogen-bond donors (Lipinski definition) is 2. The average Bonchev–Trinajstić information content (AvgIpc) is 3.31. The molecule has 0 aliphatic carbocycles. The lowest BCUT2D eigenvalue weighted by molar-refractivity contribution is -0.119. The molecule has 10 heteroatoms. The van der Waals surface area contributed by atoms with Crippen molar-refractivity contribution in [2.75, 3.05) is 18.5 Å². The molecule has 1 amide bonds. The summed E-state index contributed by atoms with van der Waals surface area (Å²) in [7, 11) is -2.09. The molecule has 2 N–H and O–H groups in total. The highest BCUT2D eigenvalue weighted by molar-refractivity contribution is 7.90. The number of esters is 1. The fraction of sp³-hybridized carbons (Fsp3) is 0.278. The van der Waals surface area contributed by atoms with Gasteiger partial charge in [0.2, 0.25) is 0 Å². The smallest absolute Gasteiger partial charge is 0.355 e. The Kier molecular flexibility index (Phi) is 5.78. The second kappa shape index (κ2) is 8.26. The van der Waals surface area contributed by atoms with Gasteiger partial charge >= 0.3 is 5.97 Å². The van der Waals surface area contributed by atoms with Crippen molar-refractivity contribution in [3.63, 3.8) is 0 Å². The maximum Gasteiger partial charge on any atom is 0.355 e. The third kappa shape index (κ3) is 4.77. The lowest BCUT2D eigenvalue weighted by atomic mass is 10.3. The number of hydrogen-bond acceptors (Lipinski definition) is 6. The second-order valence-corrected chi connectivity index (χ2v) is 7.88. The van der Waals surface area contributed by atoms with Crippen LogP contribution in [0.15, 0.2) is 52.5 Å². The number of rotatable bonds is 6. The molecule has 3 rings (SSSR count). The molecule has 0 spiro atoms. The number of amides is 1. The minimum Gasteiger partial charge on any atom is -0.451 e. The molecule has 1 aliphatic heterocycles. The molecule has 1 aromatic carbocycles. The van der Waals surface area contributed by atoms with Gasteiger partial charge in [-0.1, -0.05) is 6.07 Å². The van der Waals surface area contributed by atoms with Gasteiger partial charge in [0.1, 0.15) is 11.5 Å². The van der Waals surface area contributed by atoms with Gasteiger partial charge in [-0.05, 0) is 36.8 Å². The molecule has 0 saturated carbocycles. The summed E-state index contributed by atoms with van der Waals surface area (Å²) in [6.45, 7) is 0.117. The molecular formula is C18H20N4O5S. The molecule has 0 unspecified atom stereocenters. The maximum atomic E-state index is 12.4. The molecule has 0 radical (unpaired) electrons. The first kappa shape index (κ1) is 19.6. The molecule has 1 aromatic heterocycles. The van der Waals surface area contributed by atoms with E-state index < -0.39 is 28.5 Å². The van der Waals surface area contributed by atoms with Crippen LogP contribution in [0, 0.1) is 0 Å². The number of carbonyl (C=O) groups is 2. The van der Waals surface area contributed by atoms with Gasteiger partial charge < -0.3 is 14.6 Å². The van der Waals surface area contributed by atoms with E-state index in [1.165, 1.54) is 18.2 Å². The number of nitrogens with one attached hydrogen (secondary N) is 2. The lowest BCUT2D eigenvalue weighted by Gasteiger charge is -2.10.